The molecule has 0 aliphatic carbocycles. The van der Waals surface area contributed by atoms with E-state index in [1.165, 1.54) is 16.0 Å². The Kier molecular flexibility index (Phi) is 5.56. The van der Waals surface area contributed by atoms with Crippen LogP contribution in [-0.4, -0.2) is 36.6 Å². The lowest BCUT2D eigenvalue weighted by atomic mass is 9.97. The zero-order chi connectivity index (χ0) is 17.8. The van der Waals surface area contributed by atoms with Gasteiger partial charge in [-0.1, -0.05) is 12.1 Å². The second-order valence-corrected chi connectivity index (χ2v) is 7.41. The zero-order valence-corrected chi connectivity index (χ0v) is 15.4. The summed E-state index contributed by atoms with van der Waals surface area (Å²) >= 11 is 1.74. The van der Waals surface area contributed by atoms with E-state index in [-0.39, 0.29) is 6.42 Å². The van der Waals surface area contributed by atoms with Crippen LogP contribution in [0.15, 0.2) is 35.7 Å². The van der Waals surface area contributed by atoms with Crippen LogP contribution in [0.5, 0.6) is 5.75 Å². The molecule has 1 aliphatic heterocycles. The summed E-state index contributed by atoms with van der Waals surface area (Å²) in [6, 6.07) is 8.16. The van der Waals surface area contributed by atoms with Gasteiger partial charge in [0.05, 0.1) is 0 Å². The van der Waals surface area contributed by atoms with Gasteiger partial charge in [0.1, 0.15) is 12.4 Å². The van der Waals surface area contributed by atoms with E-state index in [2.05, 4.69) is 42.6 Å². The molecule has 0 bridgehead atoms. The maximum Gasteiger partial charge on any atom is 0.303 e. The summed E-state index contributed by atoms with van der Waals surface area (Å²) in [5, 5.41) is 11.0. The summed E-state index contributed by atoms with van der Waals surface area (Å²) in [7, 11) is 4.15. The number of carboxylic acid groups (broad SMARTS) is 1. The number of hydrogen-bond acceptors (Lipinski definition) is 4. The highest BCUT2D eigenvalue weighted by Crippen LogP contribution is 2.40. The van der Waals surface area contributed by atoms with Crippen molar-refractivity contribution in [2.75, 3.05) is 20.6 Å². The first kappa shape index (κ1) is 17.7. The third kappa shape index (κ3) is 4.30. The average molecular weight is 357 g/mol. The van der Waals surface area contributed by atoms with E-state index in [0.29, 0.717) is 13.0 Å². The summed E-state index contributed by atoms with van der Waals surface area (Å²) in [6.07, 6.45) is 3.91. The average Bonchev–Trinajstić information content (AvgIpc) is 2.98. The first-order valence-corrected chi connectivity index (χ1v) is 9.32. The van der Waals surface area contributed by atoms with Crippen LogP contribution in [0.3, 0.4) is 0 Å². The van der Waals surface area contributed by atoms with Crippen molar-refractivity contribution in [3.05, 3.63) is 57.3 Å². The third-order valence-electron chi connectivity index (χ3n) is 4.26. The van der Waals surface area contributed by atoms with E-state index in [1.54, 1.807) is 11.3 Å². The van der Waals surface area contributed by atoms with E-state index in [4.69, 9.17) is 9.84 Å². The van der Waals surface area contributed by atoms with Gasteiger partial charge < -0.3 is 14.7 Å². The lowest BCUT2D eigenvalue weighted by Crippen LogP contribution is -2.12. The molecule has 132 valence electrons. The van der Waals surface area contributed by atoms with Crippen molar-refractivity contribution in [1.82, 2.24) is 4.90 Å². The van der Waals surface area contributed by atoms with Gasteiger partial charge >= 0.3 is 5.97 Å². The molecule has 0 saturated heterocycles. The second kappa shape index (κ2) is 7.85. The molecular formula is C20H23NO3S. The lowest BCUT2D eigenvalue weighted by Gasteiger charge is -2.12. The Balaban J connectivity index is 1.98. The van der Waals surface area contributed by atoms with Crippen LogP contribution < -0.4 is 4.74 Å². The van der Waals surface area contributed by atoms with Crippen LogP contribution in [0.1, 0.15) is 34.4 Å². The highest BCUT2D eigenvalue weighted by Gasteiger charge is 2.20. The van der Waals surface area contributed by atoms with Gasteiger partial charge in [0.2, 0.25) is 0 Å². The maximum absolute atomic E-state index is 10.9. The number of aryl methyl sites for hydroxylation is 1. The van der Waals surface area contributed by atoms with Crippen LogP contribution in [0.2, 0.25) is 0 Å². The normalized spacial score (nSPS) is 14.8. The van der Waals surface area contributed by atoms with Gasteiger partial charge in [-0.05, 0) is 61.7 Å². The van der Waals surface area contributed by atoms with Gasteiger partial charge in [0, 0.05) is 29.0 Å². The molecule has 5 heteroatoms. The molecule has 1 aromatic carbocycles. The van der Waals surface area contributed by atoms with Crippen LogP contribution in [0.4, 0.5) is 0 Å². The number of ether oxygens (including phenoxy) is 1. The molecule has 4 nitrogen and oxygen atoms in total. The Morgan fingerprint density at radius 2 is 2.20 bits per heavy atom. The van der Waals surface area contributed by atoms with E-state index in [9.17, 15) is 4.79 Å². The summed E-state index contributed by atoms with van der Waals surface area (Å²) in [5.41, 5.74) is 4.52. The highest BCUT2D eigenvalue weighted by molar-refractivity contribution is 7.11. The van der Waals surface area contributed by atoms with E-state index < -0.39 is 5.97 Å². The largest absolute Gasteiger partial charge is 0.488 e. The molecule has 0 fully saturated rings. The summed E-state index contributed by atoms with van der Waals surface area (Å²) in [4.78, 5) is 14.3. The van der Waals surface area contributed by atoms with Gasteiger partial charge in [0.15, 0.2) is 0 Å². The molecule has 1 aliphatic rings. The van der Waals surface area contributed by atoms with Crippen molar-refractivity contribution in [1.29, 1.82) is 0 Å². The van der Waals surface area contributed by atoms with Gasteiger partial charge in [-0.25, -0.2) is 0 Å². The van der Waals surface area contributed by atoms with Crippen molar-refractivity contribution in [2.24, 2.45) is 0 Å². The van der Waals surface area contributed by atoms with Gasteiger partial charge in [0.25, 0.3) is 0 Å². The molecule has 1 aromatic heterocycles. The summed E-state index contributed by atoms with van der Waals surface area (Å²) in [5.74, 6) is 0.104. The van der Waals surface area contributed by atoms with Crippen molar-refractivity contribution < 1.29 is 14.6 Å². The topological polar surface area (TPSA) is 49.8 Å². The quantitative estimate of drug-likeness (QED) is 0.848. The molecule has 0 radical (unpaired) electrons. The second-order valence-electron chi connectivity index (χ2n) is 6.50. The number of carbonyl (C=O) groups is 1. The lowest BCUT2D eigenvalue weighted by molar-refractivity contribution is -0.136. The molecule has 1 N–H and O–H groups in total. The van der Waals surface area contributed by atoms with Gasteiger partial charge in [-0.15, -0.1) is 11.3 Å². The Bertz CT molecular complexity index is 792. The third-order valence-corrected chi connectivity index (χ3v) is 5.25. The molecule has 0 spiro atoms. The van der Waals surface area contributed by atoms with Crippen LogP contribution in [0, 0.1) is 0 Å². The first-order chi connectivity index (χ1) is 12.0. The van der Waals surface area contributed by atoms with E-state index in [0.717, 1.165) is 29.8 Å². The predicted molar refractivity (Wildman–Crippen MR) is 101 cm³/mol. The standard InChI is InChI=1S/C20H23NO3S/c1-21(2)10-3-4-16-17-12-14(6-8-19(22)23)5-7-18(17)24-13-15-9-11-25-20(15)16/h4-5,7,9,11-12H,3,6,8,10,13H2,1-2H3,(H,22,23). The molecule has 2 aromatic rings. The molecular weight excluding hydrogens is 334 g/mol. The van der Waals surface area contributed by atoms with Crippen molar-refractivity contribution in [2.45, 2.75) is 25.9 Å². The number of hydrogen-bond donors (Lipinski definition) is 1. The Morgan fingerprint density at radius 3 is 2.96 bits per heavy atom. The fraction of sp³-hybridized carbons (Fsp3) is 0.350. The predicted octanol–water partition coefficient (Wildman–Crippen LogP) is 4.04. The smallest absolute Gasteiger partial charge is 0.303 e. The first-order valence-electron chi connectivity index (χ1n) is 8.44. The number of aliphatic carboxylic acids is 1. The number of fused-ring (bicyclic) bond motifs is 2. The van der Waals surface area contributed by atoms with Crippen LogP contribution in [0.25, 0.3) is 5.57 Å². The monoisotopic (exact) mass is 357 g/mol. The fourth-order valence-corrected chi connectivity index (χ4v) is 3.92. The van der Waals surface area contributed by atoms with Crippen molar-refractivity contribution in [3.8, 4) is 5.75 Å². The van der Waals surface area contributed by atoms with Gasteiger partial charge in [-0.2, -0.15) is 0 Å². The zero-order valence-electron chi connectivity index (χ0n) is 14.6. The van der Waals surface area contributed by atoms with Gasteiger partial charge in [-0.3, -0.25) is 4.79 Å². The number of benzene rings is 1. The Labute approximate surface area is 152 Å². The summed E-state index contributed by atoms with van der Waals surface area (Å²) < 4.78 is 6.01. The maximum atomic E-state index is 10.9. The molecule has 25 heavy (non-hydrogen) atoms. The highest BCUT2D eigenvalue weighted by atomic mass is 32.1. The molecule has 0 unspecified atom stereocenters. The minimum atomic E-state index is -0.770. The Hall–Kier alpha value is -2.11. The van der Waals surface area contributed by atoms with Crippen molar-refractivity contribution in [3.63, 3.8) is 0 Å². The molecule has 2 heterocycles. The fourth-order valence-electron chi connectivity index (χ4n) is 2.95. The van der Waals surface area contributed by atoms with Crippen LogP contribution >= 0.6 is 11.3 Å². The number of nitrogens with zero attached hydrogens (tertiary/aromatic N) is 1. The van der Waals surface area contributed by atoms with Crippen molar-refractivity contribution >= 4 is 22.9 Å². The minimum Gasteiger partial charge on any atom is -0.488 e. The number of thiophene rings is 1. The molecule has 3 rings (SSSR count). The Morgan fingerprint density at radius 1 is 1.36 bits per heavy atom. The number of carboxylic acids is 1. The summed E-state index contributed by atoms with van der Waals surface area (Å²) in [6.45, 7) is 1.56. The van der Waals surface area contributed by atoms with Crippen LogP contribution in [-0.2, 0) is 17.8 Å². The molecule has 0 amide bonds. The SMILES string of the molecule is CN(C)CCC=C1c2cc(CCC(=O)O)ccc2OCc2ccsc21. The molecule has 0 saturated carbocycles. The minimum absolute atomic E-state index is 0.142. The number of rotatable bonds is 6. The van der Waals surface area contributed by atoms with E-state index >= 15 is 0 Å². The van der Waals surface area contributed by atoms with E-state index in [1.807, 2.05) is 12.1 Å². The molecule has 0 atom stereocenters.